The Morgan fingerprint density at radius 2 is 0.750 bits per heavy atom. The van der Waals surface area contributed by atoms with Crippen LogP contribution in [-0.4, -0.2) is 23.1 Å². The van der Waals surface area contributed by atoms with E-state index in [9.17, 15) is 4.79 Å². The predicted molar refractivity (Wildman–Crippen MR) is 115 cm³/mol. The molecule has 28 heavy (non-hydrogen) atoms. The molecule has 0 atom stereocenters. The van der Waals surface area contributed by atoms with Crippen LogP contribution in [0.4, 0.5) is 9.59 Å². The number of carboxylic acids is 1. The van der Waals surface area contributed by atoms with Crippen molar-refractivity contribution in [1.29, 1.82) is 0 Å². The van der Waals surface area contributed by atoms with Crippen molar-refractivity contribution >= 4 is 18.0 Å². The van der Waals surface area contributed by atoms with Crippen molar-refractivity contribution in [2.45, 2.75) is 110 Å². The number of carbonyl (C=O) groups excluding carboxylic acids is 2. The van der Waals surface area contributed by atoms with E-state index in [1.54, 1.807) is 0 Å². The van der Waals surface area contributed by atoms with Crippen LogP contribution in [0.15, 0.2) is 0 Å². The van der Waals surface area contributed by atoms with Crippen molar-refractivity contribution < 1.29 is 19.5 Å². The molecular weight excluding hydrogens is 360 g/mol. The van der Waals surface area contributed by atoms with Crippen LogP contribution in [0.2, 0.25) is 0 Å². The Balaban J connectivity index is -0.000000656. The zero-order valence-corrected chi connectivity index (χ0v) is 17.8. The van der Waals surface area contributed by atoms with Crippen LogP contribution in [0.3, 0.4) is 0 Å². The van der Waals surface area contributed by atoms with Gasteiger partial charge in [-0.25, -0.2) is 9.59 Å². The minimum absolute atomic E-state index is 0.345. The molecule has 8 heteroatoms. The lowest BCUT2D eigenvalue weighted by atomic mass is 10.0. The van der Waals surface area contributed by atoms with Crippen molar-refractivity contribution in [1.82, 2.24) is 0 Å². The molecule has 0 radical (unpaired) electrons. The summed E-state index contributed by atoms with van der Waals surface area (Å²) in [5, 5.41) is 8.52. The first-order valence-corrected chi connectivity index (χ1v) is 10.6. The third-order valence-electron chi connectivity index (χ3n) is 3.99. The van der Waals surface area contributed by atoms with Gasteiger partial charge < -0.3 is 28.0 Å². The zero-order valence-electron chi connectivity index (χ0n) is 17.8. The average molecular weight is 405 g/mol. The summed E-state index contributed by atoms with van der Waals surface area (Å²) >= 11 is 0. The van der Waals surface area contributed by atoms with Gasteiger partial charge in [0.2, 0.25) is 0 Å². The molecule has 0 bridgehead atoms. The molecule has 0 saturated carbocycles. The number of urea groups is 2. The van der Waals surface area contributed by atoms with Crippen molar-refractivity contribution in [2.24, 2.45) is 22.9 Å². The van der Waals surface area contributed by atoms with Crippen molar-refractivity contribution in [2.75, 3.05) is 0 Å². The SMILES string of the molecule is CCCCCCCCCCCCCCCCCC(=O)O.NC(N)=O.NC(N)=O. The van der Waals surface area contributed by atoms with E-state index in [1.807, 2.05) is 0 Å². The van der Waals surface area contributed by atoms with E-state index in [2.05, 4.69) is 29.9 Å². The highest BCUT2D eigenvalue weighted by Crippen LogP contribution is 2.13. The number of hydrogen-bond donors (Lipinski definition) is 5. The van der Waals surface area contributed by atoms with Gasteiger partial charge in [0.25, 0.3) is 0 Å². The fourth-order valence-corrected chi connectivity index (χ4v) is 2.65. The summed E-state index contributed by atoms with van der Waals surface area (Å²) in [6.07, 6.45) is 20.2. The van der Waals surface area contributed by atoms with Crippen LogP contribution in [-0.2, 0) is 4.79 Å². The van der Waals surface area contributed by atoms with Gasteiger partial charge in [-0.1, -0.05) is 96.8 Å². The quantitative estimate of drug-likeness (QED) is 0.240. The van der Waals surface area contributed by atoms with Gasteiger partial charge in [0.15, 0.2) is 0 Å². The fraction of sp³-hybridized carbons (Fsp3) is 0.850. The molecule has 0 unspecified atom stereocenters. The third kappa shape index (κ3) is 56.4. The summed E-state index contributed by atoms with van der Waals surface area (Å²) in [6.45, 7) is 2.27. The van der Waals surface area contributed by atoms with Gasteiger partial charge in [0.1, 0.15) is 0 Å². The molecule has 0 aliphatic carbocycles. The van der Waals surface area contributed by atoms with Crippen LogP contribution in [0.5, 0.6) is 0 Å². The summed E-state index contributed by atoms with van der Waals surface area (Å²) in [6, 6.07) is -1.67. The Morgan fingerprint density at radius 1 is 0.536 bits per heavy atom. The molecule has 0 aliphatic rings. The van der Waals surface area contributed by atoms with E-state index in [4.69, 9.17) is 14.7 Å². The zero-order chi connectivity index (χ0) is 22.0. The van der Waals surface area contributed by atoms with Crippen LogP contribution in [0.25, 0.3) is 0 Å². The number of hydrogen-bond acceptors (Lipinski definition) is 3. The molecule has 4 amide bonds. The average Bonchev–Trinajstić information content (AvgIpc) is 2.57. The first kappa shape index (κ1) is 30.7. The lowest BCUT2D eigenvalue weighted by Gasteiger charge is -2.03. The lowest BCUT2D eigenvalue weighted by molar-refractivity contribution is -0.137. The second-order valence-corrected chi connectivity index (χ2v) is 6.90. The minimum Gasteiger partial charge on any atom is -0.481 e. The van der Waals surface area contributed by atoms with Gasteiger partial charge in [0, 0.05) is 6.42 Å². The Hall–Kier alpha value is -1.99. The Morgan fingerprint density at radius 3 is 0.964 bits per heavy atom. The molecule has 0 rings (SSSR count). The van der Waals surface area contributed by atoms with Crippen LogP contribution in [0, 0.1) is 0 Å². The van der Waals surface area contributed by atoms with Gasteiger partial charge in [-0.15, -0.1) is 0 Å². The topological polar surface area (TPSA) is 176 Å². The van der Waals surface area contributed by atoms with E-state index in [1.165, 1.54) is 83.5 Å². The summed E-state index contributed by atoms with van der Waals surface area (Å²) < 4.78 is 0. The fourth-order valence-electron chi connectivity index (χ4n) is 2.65. The first-order chi connectivity index (χ1) is 13.2. The summed E-state index contributed by atoms with van der Waals surface area (Å²) in [7, 11) is 0. The number of carboxylic acid groups (broad SMARTS) is 1. The van der Waals surface area contributed by atoms with Gasteiger partial charge in [-0.3, -0.25) is 4.79 Å². The van der Waals surface area contributed by atoms with E-state index in [0.717, 1.165) is 12.8 Å². The maximum Gasteiger partial charge on any atom is 0.309 e. The van der Waals surface area contributed by atoms with Gasteiger partial charge in [-0.2, -0.15) is 0 Å². The molecular formula is C20H44N4O4. The molecule has 9 N–H and O–H groups in total. The first-order valence-electron chi connectivity index (χ1n) is 10.6. The van der Waals surface area contributed by atoms with Crippen molar-refractivity contribution in [3.05, 3.63) is 0 Å². The van der Waals surface area contributed by atoms with E-state index < -0.39 is 18.0 Å². The van der Waals surface area contributed by atoms with Gasteiger partial charge in [0.05, 0.1) is 0 Å². The normalized spacial score (nSPS) is 9.46. The van der Waals surface area contributed by atoms with Crippen molar-refractivity contribution in [3.63, 3.8) is 0 Å². The molecule has 0 aromatic rings. The summed E-state index contributed by atoms with van der Waals surface area (Å²) in [5.74, 6) is -0.653. The largest absolute Gasteiger partial charge is 0.481 e. The maximum absolute atomic E-state index is 10.3. The minimum atomic E-state index is -0.833. The molecule has 0 aliphatic heterocycles. The molecule has 8 nitrogen and oxygen atoms in total. The second kappa shape index (κ2) is 27.2. The number of nitrogens with two attached hydrogens (primary N) is 4. The number of amides is 4. The Labute approximate surface area is 170 Å². The summed E-state index contributed by atoms with van der Waals surface area (Å²) in [5.41, 5.74) is 17.0. The predicted octanol–water partition coefficient (Wildman–Crippen LogP) is 4.38. The number of unbranched alkanes of at least 4 members (excludes halogenated alkanes) is 14. The molecule has 0 spiro atoms. The van der Waals surface area contributed by atoms with Crippen LogP contribution >= 0.6 is 0 Å². The smallest absolute Gasteiger partial charge is 0.309 e. The highest BCUT2D eigenvalue weighted by atomic mass is 16.4. The molecule has 0 aromatic carbocycles. The summed E-state index contributed by atoms with van der Waals surface area (Å²) in [4.78, 5) is 28.3. The maximum atomic E-state index is 10.3. The molecule has 0 saturated heterocycles. The number of aliphatic carboxylic acids is 1. The van der Waals surface area contributed by atoms with Crippen LogP contribution in [0.1, 0.15) is 110 Å². The number of primary amides is 4. The molecule has 0 heterocycles. The van der Waals surface area contributed by atoms with Crippen molar-refractivity contribution in [3.8, 4) is 0 Å². The second-order valence-electron chi connectivity index (χ2n) is 6.90. The highest BCUT2D eigenvalue weighted by molar-refractivity contribution is 5.69. The van der Waals surface area contributed by atoms with E-state index >= 15 is 0 Å². The number of rotatable bonds is 16. The third-order valence-corrected chi connectivity index (χ3v) is 3.99. The monoisotopic (exact) mass is 404 g/mol. The standard InChI is InChI=1S/C18H36O2.2CH4N2O/c1-2-3-4-5-6-7-8-9-10-11-12-13-14-15-16-17-18(19)20;2*2-1(3)4/h2-17H2,1H3,(H,19,20);2*(H4,2,3,4). The highest BCUT2D eigenvalue weighted by Gasteiger charge is 1.97. The number of carbonyl (C=O) groups is 3. The molecule has 0 aromatic heterocycles. The Kier molecular flexibility index (Phi) is 29.9. The Bertz CT molecular complexity index is 346. The van der Waals surface area contributed by atoms with Gasteiger partial charge >= 0.3 is 18.0 Å². The van der Waals surface area contributed by atoms with E-state index in [0.29, 0.717) is 6.42 Å². The lowest BCUT2D eigenvalue weighted by Crippen LogP contribution is -2.18. The van der Waals surface area contributed by atoms with Crippen LogP contribution < -0.4 is 22.9 Å². The molecule has 0 fully saturated rings. The van der Waals surface area contributed by atoms with Gasteiger partial charge in [-0.05, 0) is 6.42 Å². The van der Waals surface area contributed by atoms with E-state index in [-0.39, 0.29) is 0 Å². The molecule has 168 valence electrons.